The molecule has 1 aliphatic rings. The molecule has 1 fully saturated rings. The zero-order valence-corrected chi connectivity index (χ0v) is 17.9. The highest BCUT2D eigenvalue weighted by atomic mass is 79.9. The summed E-state index contributed by atoms with van der Waals surface area (Å²) in [4.78, 5) is 30.8. The van der Waals surface area contributed by atoms with E-state index in [0.717, 1.165) is 24.3 Å². The highest BCUT2D eigenvalue weighted by Gasteiger charge is 2.34. The monoisotopic (exact) mass is 461 g/mol. The number of nitrogens with two attached hydrogens (primary N) is 1. The van der Waals surface area contributed by atoms with E-state index in [2.05, 4.69) is 30.6 Å². The van der Waals surface area contributed by atoms with Gasteiger partial charge in [0.2, 0.25) is 0 Å². The van der Waals surface area contributed by atoms with Crippen LogP contribution < -0.4 is 10.6 Å². The summed E-state index contributed by atoms with van der Waals surface area (Å²) in [6.45, 7) is 3.06. The predicted molar refractivity (Wildman–Crippen MR) is 113 cm³/mol. The van der Waals surface area contributed by atoms with Crippen molar-refractivity contribution in [3.05, 3.63) is 58.3 Å². The van der Waals surface area contributed by atoms with Gasteiger partial charge in [-0.15, -0.1) is 0 Å². The molecule has 0 amide bonds. The number of hydrogen-bond acceptors (Lipinski definition) is 7. The molecule has 0 spiro atoms. The number of halogens is 1. The van der Waals surface area contributed by atoms with Gasteiger partial charge in [-0.1, -0.05) is 18.2 Å². The molecule has 29 heavy (non-hydrogen) atoms. The van der Waals surface area contributed by atoms with Crippen LogP contribution in [0, 0.1) is 0 Å². The Balaban J connectivity index is 1.91. The zero-order valence-electron chi connectivity index (χ0n) is 16.3. The summed E-state index contributed by atoms with van der Waals surface area (Å²) in [7, 11) is 1.26. The molecule has 1 aromatic carbocycles. The van der Waals surface area contributed by atoms with E-state index in [4.69, 9.17) is 10.5 Å². The van der Waals surface area contributed by atoms with Gasteiger partial charge >= 0.3 is 5.97 Å². The molecule has 1 saturated heterocycles. The van der Waals surface area contributed by atoms with Crippen molar-refractivity contribution in [3.63, 3.8) is 0 Å². The van der Waals surface area contributed by atoms with E-state index in [-0.39, 0.29) is 18.6 Å². The minimum atomic E-state index is -1.17. The maximum atomic E-state index is 12.5. The molecule has 1 aromatic heterocycles. The van der Waals surface area contributed by atoms with Gasteiger partial charge in [0.1, 0.15) is 16.8 Å². The number of carbonyl (C=O) groups excluding carboxylic acids is 2. The summed E-state index contributed by atoms with van der Waals surface area (Å²) >= 11 is 3.36. The Morgan fingerprint density at radius 1 is 1.21 bits per heavy atom. The van der Waals surface area contributed by atoms with Crippen LogP contribution in [0.15, 0.2) is 47.1 Å². The first-order chi connectivity index (χ1) is 13.9. The lowest BCUT2D eigenvalue weighted by Crippen LogP contribution is -2.41. The number of ketones is 1. The van der Waals surface area contributed by atoms with Crippen LogP contribution in [0.1, 0.15) is 24.1 Å². The molecule has 2 N–H and O–H groups in total. The third-order valence-corrected chi connectivity index (χ3v) is 5.42. The van der Waals surface area contributed by atoms with Crippen molar-refractivity contribution in [2.45, 2.75) is 18.4 Å². The number of ether oxygens (including phenoxy) is 2. The normalized spacial score (nSPS) is 16.2. The first-order valence-electron chi connectivity index (χ1n) is 9.36. The Bertz CT molecular complexity index is 868. The van der Waals surface area contributed by atoms with E-state index in [1.54, 1.807) is 12.1 Å². The molecule has 1 aliphatic heterocycles. The van der Waals surface area contributed by atoms with Crippen LogP contribution in [0.25, 0.3) is 0 Å². The maximum absolute atomic E-state index is 12.5. The van der Waals surface area contributed by atoms with Crippen LogP contribution >= 0.6 is 15.9 Å². The van der Waals surface area contributed by atoms with Crippen molar-refractivity contribution in [1.29, 1.82) is 0 Å². The Morgan fingerprint density at radius 2 is 1.90 bits per heavy atom. The quantitative estimate of drug-likeness (QED) is 0.384. The summed E-state index contributed by atoms with van der Waals surface area (Å²) in [6, 6.07) is 13.2. The smallest absolute Gasteiger partial charge is 0.313 e. The van der Waals surface area contributed by atoms with Gasteiger partial charge in [-0.25, -0.2) is 4.98 Å². The summed E-state index contributed by atoms with van der Waals surface area (Å²) in [5.74, 6) is -0.888. The lowest BCUT2D eigenvalue weighted by molar-refractivity contribution is -0.143. The fourth-order valence-electron chi connectivity index (χ4n) is 3.40. The second-order valence-corrected chi connectivity index (χ2v) is 7.74. The molecule has 7 nitrogen and oxygen atoms in total. The average Bonchev–Trinajstić information content (AvgIpc) is 2.74. The Labute approximate surface area is 178 Å². The van der Waals surface area contributed by atoms with Crippen LogP contribution in [0.2, 0.25) is 0 Å². The van der Waals surface area contributed by atoms with Crippen molar-refractivity contribution in [2.24, 2.45) is 5.73 Å². The summed E-state index contributed by atoms with van der Waals surface area (Å²) in [6.07, 6.45) is -0.391. The number of morpholine rings is 1. The minimum absolute atomic E-state index is 0.0670. The van der Waals surface area contributed by atoms with E-state index in [0.29, 0.717) is 23.5 Å². The SMILES string of the molecule is COC(=O)CC(=O)CC(N)(c1ccc(N2CCOCC2)cc1)c1cccc(Br)n1. The molecular formula is C21H24BrN3O4. The zero-order chi connectivity index (χ0) is 20.9. The van der Waals surface area contributed by atoms with Crippen LogP contribution in [-0.4, -0.2) is 50.1 Å². The molecule has 8 heteroatoms. The number of benzene rings is 1. The van der Waals surface area contributed by atoms with Crippen LogP contribution in [0.3, 0.4) is 0 Å². The van der Waals surface area contributed by atoms with Crippen LogP contribution in [0.4, 0.5) is 5.69 Å². The van der Waals surface area contributed by atoms with Crippen molar-refractivity contribution in [2.75, 3.05) is 38.3 Å². The minimum Gasteiger partial charge on any atom is -0.469 e. The van der Waals surface area contributed by atoms with E-state index in [9.17, 15) is 9.59 Å². The Kier molecular flexibility index (Phi) is 7.00. The molecular weight excluding hydrogens is 438 g/mol. The molecule has 2 heterocycles. The largest absolute Gasteiger partial charge is 0.469 e. The van der Waals surface area contributed by atoms with Gasteiger partial charge in [0, 0.05) is 25.2 Å². The standard InChI is InChI=1S/C21H24BrN3O4/c1-28-20(27)13-17(26)14-21(23,18-3-2-4-19(22)24-18)15-5-7-16(8-6-15)25-9-11-29-12-10-25/h2-8H,9-14,23H2,1H3. The van der Waals surface area contributed by atoms with Crippen molar-refractivity contribution in [1.82, 2.24) is 4.98 Å². The number of aromatic nitrogens is 1. The van der Waals surface area contributed by atoms with Crippen molar-refractivity contribution in [3.8, 4) is 0 Å². The molecule has 0 aliphatic carbocycles. The number of nitrogens with zero attached hydrogens (tertiary/aromatic N) is 2. The number of pyridine rings is 1. The molecule has 0 radical (unpaired) electrons. The summed E-state index contributed by atoms with van der Waals surface area (Å²) in [5, 5.41) is 0. The topological polar surface area (TPSA) is 94.8 Å². The number of esters is 1. The second kappa shape index (κ2) is 9.47. The number of Topliss-reactive ketones (excluding diaryl/α,β-unsaturated/α-hetero) is 1. The molecule has 154 valence electrons. The van der Waals surface area contributed by atoms with Crippen LogP contribution in [0.5, 0.6) is 0 Å². The summed E-state index contributed by atoms with van der Waals surface area (Å²) < 4.78 is 10.6. The molecule has 0 bridgehead atoms. The van der Waals surface area contributed by atoms with Gasteiger partial charge in [-0.05, 0) is 45.8 Å². The number of rotatable bonds is 7. The molecule has 1 atom stereocenters. The second-order valence-electron chi connectivity index (χ2n) is 6.93. The third kappa shape index (κ3) is 5.20. The fraction of sp³-hybridized carbons (Fsp3) is 0.381. The molecule has 3 rings (SSSR count). The predicted octanol–water partition coefficient (Wildman–Crippen LogP) is 2.41. The van der Waals surface area contributed by atoms with E-state index < -0.39 is 11.5 Å². The highest BCUT2D eigenvalue weighted by Crippen LogP contribution is 2.32. The van der Waals surface area contributed by atoms with Crippen LogP contribution in [-0.2, 0) is 24.6 Å². The first kappa shape index (κ1) is 21.4. The van der Waals surface area contributed by atoms with Crippen molar-refractivity contribution >= 4 is 33.4 Å². The van der Waals surface area contributed by atoms with Gasteiger partial charge in [0.05, 0.1) is 31.6 Å². The number of hydrogen-bond donors (Lipinski definition) is 1. The van der Waals surface area contributed by atoms with Gasteiger partial charge < -0.3 is 20.1 Å². The Hall–Kier alpha value is -2.29. The Morgan fingerprint density at radius 3 is 2.52 bits per heavy atom. The van der Waals surface area contributed by atoms with E-state index in [1.165, 1.54) is 7.11 Å². The van der Waals surface area contributed by atoms with Gasteiger partial charge in [0.25, 0.3) is 0 Å². The van der Waals surface area contributed by atoms with E-state index >= 15 is 0 Å². The van der Waals surface area contributed by atoms with Gasteiger partial charge in [-0.2, -0.15) is 0 Å². The molecule has 0 saturated carbocycles. The third-order valence-electron chi connectivity index (χ3n) is 4.98. The van der Waals surface area contributed by atoms with Crippen molar-refractivity contribution < 1.29 is 19.1 Å². The molecule has 2 aromatic rings. The maximum Gasteiger partial charge on any atom is 0.313 e. The van der Waals surface area contributed by atoms with Gasteiger partial charge in [0.15, 0.2) is 0 Å². The summed E-state index contributed by atoms with van der Waals surface area (Å²) in [5.41, 5.74) is 7.96. The number of anilines is 1. The average molecular weight is 462 g/mol. The highest BCUT2D eigenvalue weighted by molar-refractivity contribution is 9.10. The van der Waals surface area contributed by atoms with E-state index in [1.807, 2.05) is 30.3 Å². The molecule has 1 unspecified atom stereocenters. The fourth-order valence-corrected chi connectivity index (χ4v) is 3.74. The lowest BCUT2D eigenvalue weighted by Gasteiger charge is -2.31. The number of methoxy groups -OCH3 is 1. The number of carbonyl (C=O) groups is 2. The lowest BCUT2D eigenvalue weighted by atomic mass is 9.82. The van der Waals surface area contributed by atoms with Gasteiger partial charge in [-0.3, -0.25) is 9.59 Å². The first-order valence-corrected chi connectivity index (χ1v) is 10.2.